The molecule has 19 heavy (non-hydrogen) atoms. The van der Waals surface area contributed by atoms with E-state index in [1.54, 1.807) is 23.1 Å². The van der Waals surface area contributed by atoms with Gasteiger partial charge in [0.25, 0.3) is 5.91 Å². The molecule has 2 aliphatic heterocycles. The average Bonchev–Trinajstić information content (AvgIpc) is 3.09. The Morgan fingerprint density at radius 1 is 1.47 bits per heavy atom. The van der Waals surface area contributed by atoms with Crippen molar-refractivity contribution in [3.05, 3.63) is 36.8 Å². The lowest BCUT2D eigenvalue weighted by molar-refractivity contribution is -0.130. The molecule has 1 aromatic heterocycles. The van der Waals surface area contributed by atoms with E-state index in [4.69, 9.17) is 4.42 Å². The number of rotatable bonds is 3. The molecule has 2 aliphatic rings. The monoisotopic (exact) mass is 260 g/mol. The largest absolute Gasteiger partial charge is 0.459 e. The molecule has 100 valence electrons. The molecule has 0 radical (unpaired) electrons. The minimum atomic E-state index is -0.123. The van der Waals surface area contributed by atoms with Crippen molar-refractivity contribution in [1.29, 1.82) is 0 Å². The maximum atomic E-state index is 12.1. The number of nitrogens with zero attached hydrogens (tertiary/aromatic N) is 2. The van der Waals surface area contributed by atoms with Gasteiger partial charge in [-0.15, -0.1) is 6.58 Å². The van der Waals surface area contributed by atoms with E-state index < -0.39 is 0 Å². The second-order valence-electron chi connectivity index (χ2n) is 5.09. The topological polar surface area (TPSA) is 53.8 Å². The lowest BCUT2D eigenvalue weighted by atomic mass is 10.0. The normalized spacial score (nSPS) is 25.8. The SMILES string of the molecule is C=CCN1C[C@@H]2CN(C(=O)c3ccco3)C[C@@H]2C1=O. The number of amides is 2. The molecule has 0 bridgehead atoms. The Bertz CT molecular complexity index is 509. The number of carbonyl (C=O) groups is 2. The number of likely N-dealkylation sites (tertiary alicyclic amines) is 2. The number of carbonyl (C=O) groups excluding carboxylic acids is 2. The molecule has 5 heteroatoms. The molecule has 1 aromatic rings. The summed E-state index contributed by atoms with van der Waals surface area (Å²) in [5.74, 6) is 0.544. The van der Waals surface area contributed by atoms with E-state index in [-0.39, 0.29) is 23.7 Å². The zero-order valence-electron chi connectivity index (χ0n) is 10.6. The quantitative estimate of drug-likeness (QED) is 0.762. The highest BCUT2D eigenvalue weighted by molar-refractivity contribution is 5.93. The van der Waals surface area contributed by atoms with Gasteiger partial charge in [-0.2, -0.15) is 0 Å². The van der Waals surface area contributed by atoms with E-state index in [9.17, 15) is 9.59 Å². The summed E-state index contributed by atoms with van der Waals surface area (Å²) in [7, 11) is 0. The highest BCUT2D eigenvalue weighted by Gasteiger charge is 2.47. The van der Waals surface area contributed by atoms with Gasteiger partial charge in [0.2, 0.25) is 5.91 Å². The molecule has 2 saturated heterocycles. The molecule has 0 N–H and O–H groups in total. The molecule has 0 aromatic carbocycles. The number of hydrogen-bond acceptors (Lipinski definition) is 3. The van der Waals surface area contributed by atoms with Crippen molar-refractivity contribution >= 4 is 11.8 Å². The van der Waals surface area contributed by atoms with Crippen LogP contribution in [0.4, 0.5) is 0 Å². The van der Waals surface area contributed by atoms with Crippen molar-refractivity contribution in [2.75, 3.05) is 26.2 Å². The summed E-state index contributed by atoms with van der Waals surface area (Å²) in [6.07, 6.45) is 3.23. The summed E-state index contributed by atoms with van der Waals surface area (Å²) in [6.45, 7) is 6.10. The van der Waals surface area contributed by atoms with E-state index in [2.05, 4.69) is 6.58 Å². The van der Waals surface area contributed by atoms with Crippen molar-refractivity contribution in [2.24, 2.45) is 11.8 Å². The van der Waals surface area contributed by atoms with E-state index >= 15 is 0 Å². The number of furan rings is 1. The first-order valence-corrected chi connectivity index (χ1v) is 6.43. The highest BCUT2D eigenvalue weighted by atomic mass is 16.3. The third-order valence-corrected chi connectivity index (χ3v) is 3.89. The third-order valence-electron chi connectivity index (χ3n) is 3.89. The Morgan fingerprint density at radius 3 is 2.95 bits per heavy atom. The van der Waals surface area contributed by atoms with Crippen molar-refractivity contribution in [1.82, 2.24) is 9.80 Å². The van der Waals surface area contributed by atoms with E-state index in [1.807, 2.05) is 4.90 Å². The predicted octanol–water partition coefficient (Wildman–Crippen LogP) is 0.996. The van der Waals surface area contributed by atoms with Crippen LogP contribution in [0.25, 0.3) is 0 Å². The van der Waals surface area contributed by atoms with Gasteiger partial charge in [0.15, 0.2) is 5.76 Å². The minimum absolute atomic E-state index is 0.0566. The Labute approximate surface area is 111 Å². The van der Waals surface area contributed by atoms with Crippen LogP contribution in [0.5, 0.6) is 0 Å². The molecule has 2 atom stereocenters. The van der Waals surface area contributed by atoms with Crippen molar-refractivity contribution in [3.8, 4) is 0 Å². The maximum Gasteiger partial charge on any atom is 0.289 e. The number of hydrogen-bond donors (Lipinski definition) is 0. The molecule has 0 saturated carbocycles. The van der Waals surface area contributed by atoms with Crippen molar-refractivity contribution in [2.45, 2.75) is 0 Å². The minimum Gasteiger partial charge on any atom is -0.459 e. The third kappa shape index (κ3) is 1.95. The summed E-state index contributed by atoms with van der Waals surface area (Å²) in [5, 5.41) is 0. The van der Waals surface area contributed by atoms with Gasteiger partial charge in [0, 0.05) is 32.1 Å². The fraction of sp³-hybridized carbons (Fsp3) is 0.429. The fourth-order valence-corrected chi connectivity index (χ4v) is 2.99. The van der Waals surface area contributed by atoms with Crippen LogP contribution in [0.2, 0.25) is 0 Å². The van der Waals surface area contributed by atoms with Crippen LogP contribution >= 0.6 is 0 Å². The molecule has 2 amide bonds. The summed E-state index contributed by atoms with van der Waals surface area (Å²) in [4.78, 5) is 27.8. The Kier molecular flexibility index (Phi) is 2.89. The molecular formula is C14H16N2O3. The van der Waals surface area contributed by atoms with Gasteiger partial charge >= 0.3 is 0 Å². The Morgan fingerprint density at radius 2 is 2.32 bits per heavy atom. The summed E-state index contributed by atoms with van der Waals surface area (Å²) in [6, 6.07) is 3.35. The molecule has 0 aliphatic carbocycles. The Balaban J connectivity index is 1.69. The van der Waals surface area contributed by atoms with Crippen molar-refractivity contribution in [3.63, 3.8) is 0 Å². The van der Waals surface area contributed by atoms with Crippen LogP contribution in [-0.4, -0.2) is 47.8 Å². The first-order valence-electron chi connectivity index (χ1n) is 6.43. The van der Waals surface area contributed by atoms with E-state index in [0.29, 0.717) is 25.4 Å². The predicted molar refractivity (Wildman–Crippen MR) is 68.4 cm³/mol. The average molecular weight is 260 g/mol. The molecule has 0 spiro atoms. The van der Waals surface area contributed by atoms with Crippen molar-refractivity contribution < 1.29 is 14.0 Å². The van der Waals surface area contributed by atoms with Gasteiger partial charge in [-0.05, 0) is 12.1 Å². The van der Waals surface area contributed by atoms with Gasteiger partial charge in [-0.3, -0.25) is 9.59 Å². The van der Waals surface area contributed by atoms with Crippen LogP contribution in [0.3, 0.4) is 0 Å². The maximum absolute atomic E-state index is 12.1. The molecule has 2 fully saturated rings. The van der Waals surface area contributed by atoms with Crippen LogP contribution in [0.15, 0.2) is 35.5 Å². The molecule has 5 nitrogen and oxygen atoms in total. The summed E-state index contributed by atoms with van der Waals surface area (Å²) < 4.78 is 5.12. The van der Waals surface area contributed by atoms with Crippen LogP contribution in [-0.2, 0) is 4.79 Å². The smallest absolute Gasteiger partial charge is 0.289 e. The lowest BCUT2D eigenvalue weighted by Gasteiger charge is -2.20. The zero-order valence-corrected chi connectivity index (χ0v) is 10.6. The lowest BCUT2D eigenvalue weighted by Crippen LogP contribution is -2.35. The molecular weight excluding hydrogens is 244 g/mol. The molecule has 3 heterocycles. The summed E-state index contributed by atoms with van der Waals surface area (Å²) >= 11 is 0. The highest BCUT2D eigenvalue weighted by Crippen LogP contribution is 2.32. The first-order chi connectivity index (χ1) is 9.20. The Hall–Kier alpha value is -2.04. The van der Waals surface area contributed by atoms with Crippen LogP contribution in [0, 0.1) is 11.8 Å². The number of fused-ring (bicyclic) bond motifs is 1. The first kappa shape index (κ1) is 12.0. The molecule has 0 unspecified atom stereocenters. The fourth-order valence-electron chi connectivity index (χ4n) is 2.99. The standard InChI is InChI=1S/C14H16N2O3/c1-2-5-15-7-10-8-16(9-11(10)13(15)17)14(18)12-4-3-6-19-12/h2-4,6,10-11H,1,5,7-9H2/t10-,11+/m1/s1. The molecule has 3 rings (SSSR count). The van der Waals surface area contributed by atoms with Crippen LogP contribution in [0.1, 0.15) is 10.6 Å². The van der Waals surface area contributed by atoms with E-state index in [0.717, 1.165) is 6.54 Å². The zero-order chi connectivity index (χ0) is 13.4. The van der Waals surface area contributed by atoms with Gasteiger partial charge < -0.3 is 14.2 Å². The summed E-state index contributed by atoms with van der Waals surface area (Å²) in [5.41, 5.74) is 0. The van der Waals surface area contributed by atoms with E-state index in [1.165, 1.54) is 6.26 Å². The van der Waals surface area contributed by atoms with Crippen LogP contribution < -0.4 is 0 Å². The van der Waals surface area contributed by atoms with Gasteiger partial charge in [0.05, 0.1) is 12.2 Å². The second-order valence-corrected chi connectivity index (χ2v) is 5.09. The van der Waals surface area contributed by atoms with Gasteiger partial charge in [-0.1, -0.05) is 6.08 Å². The second kappa shape index (κ2) is 4.57. The van der Waals surface area contributed by atoms with Gasteiger partial charge in [0.1, 0.15) is 0 Å². The van der Waals surface area contributed by atoms with Gasteiger partial charge in [-0.25, -0.2) is 0 Å².